The highest BCUT2D eigenvalue weighted by molar-refractivity contribution is 7.17. The summed E-state index contributed by atoms with van der Waals surface area (Å²) in [6.45, 7) is 8.78. The second-order valence-electron chi connectivity index (χ2n) is 9.48. The van der Waals surface area contributed by atoms with Crippen LogP contribution in [0.25, 0.3) is 11.4 Å². The molecule has 2 N–H and O–H groups in total. The third-order valence-corrected chi connectivity index (χ3v) is 6.42. The highest BCUT2D eigenvalue weighted by Gasteiger charge is 2.36. The van der Waals surface area contributed by atoms with Crippen molar-refractivity contribution in [3.05, 3.63) is 46.3 Å². The van der Waals surface area contributed by atoms with Crippen LogP contribution in [0.15, 0.2) is 28.8 Å². The molecule has 1 fully saturated rings. The van der Waals surface area contributed by atoms with Gasteiger partial charge in [-0.05, 0) is 52.7 Å². The number of hydrogen-bond donors (Lipinski definition) is 2. The smallest absolute Gasteiger partial charge is 0.350 e. The molecular formula is C24H27N5O5S. The van der Waals surface area contributed by atoms with Crippen molar-refractivity contribution >= 4 is 34.3 Å². The van der Waals surface area contributed by atoms with E-state index in [0.29, 0.717) is 51.4 Å². The molecule has 3 aromatic rings. The summed E-state index contributed by atoms with van der Waals surface area (Å²) in [5.74, 6) is -0.253. The number of nitrogens with one attached hydrogen (secondary N) is 2. The third kappa shape index (κ3) is 5.91. The molecule has 0 radical (unpaired) electrons. The zero-order valence-electron chi connectivity index (χ0n) is 20.2. The van der Waals surface area contributed by atoms with E-state index in [4.69, 9.17) is 9.26 Å². The maximum absolute atomic E-state index is 12.7. The topological polar surface area (TPSA) is 136 Å². The van der Waals surface area contributed by atoms with Gasteiger partial charge < -0.3 is 19.9 Å². The van der Waals surface area contributed by atoms with Gasteiger partial charge in [0.05, 0.1) is 5.69 Å². The molecule has 1 aliphatic carbocycles. The zero-order chi connectivity index (χ0) is 25.3. The van der Waals surface area contributed by atoms with Crippen molar-refractivity contribution < 1.29 is 23.6 Å². The number of rotatable bonds is 6. The van der Waals surface area contributed by atoms with Crippen LogP contribution in [0.1, 0.15) is 65.2 Å². The molecule has 4 rings (SSSR count). The Labute approximate surface area is 206 Å². The first-order chi connectivity index (χ1) is 16.5. The minimum atomic E-state index is -0.615. The average Bonchev–Trinajstić information content (AvgIpc) is 3.34. The van der Waals surface area contributed by atoms with E-state index in [9.17, 15) is 14.4 Å². The van der Waals surface area contributed by atoms with Gasteiger partial charge in [0.25, 0.3) is 5.91 Å². The third-order valence-electron chi connectivity index (χ3n) is 5.37. The standard InChI is InChI=1S/C24H27N5O5S/c1-12-18(22(32)33-24(3,4)5)35-23(25-12)28-21(31)16-10-17(11-16)27-20(30)15-8-6-7-14(9-15)19-26-13(2)34-29-19/h6-9,16-17H,10-11H2,1-5H3,(H,27,30)(H,25,28,31). The van der Waals surface area contributed by atoms with Crippen LogP contribution in [0.4, 0.5) is 5.13 Å². The van der Waals surface area contributed by atoms with Gasteiger partial charge >= 0.3 is 5.97 Å². The van der Waals surface area contributed by atoms with Gasteiger partial charge in [0, 0.05) is 30.0 Å². The number of aryl methyl sites for hydroxylation is 2. The Morgan fingerprint density at radius 3 is 2.54 bits per heavy atom. The molecule has 0 bridgehead atoms. The highest BCUT2D eigenvalue weighted by atomic mass is 32.1. The number of hydrogen-bond acceptors (Lipinski definition) is 9. The Hall–Kier alpha value is -3.60. The van der Waals surface area contributed by atoms with Crippen LogP contribution in [-0.2, 0) is 9.53 Å². The van der Waals surface area contributed by atoms with Crippen LogP contribution in [0.5, 0.6) is 0 Å². The van der Waals surface area contributed by atoms with Crippen LogP contribution in [-0.4, -0.2) is 44.6 Å². The molecule has 0 aliphatic heterocycles. The van der Waals surface area contributed by atoms with Gasteiger partial charge in [-0.2, -0.15) is 4.98 Å². The molecule has 0 atom stereocenters. The molecule has 184 valence electrons. The first-order valence-electron chi connectivity index (χ1n) is 11.2. The summed E-state index contributed by atoms with van der Waals surface area (Å²) in [6.07, 6.45) is 1.04. The summed E-state index contributed by atoms with van der Waals surface area (Å²) in [5, 5.41) is 9.97. The minimum absolute atomic E-state index is 0.107. The lowest BCUT2D eigenvalue weighted by molar-refractivity contribution is -0.122. The van der Waals surface area contributed by atoms with E-state index in [2.05, 4.69) is 25.8 Å². The van der Waals surface area contributed by atoms with Crippen LogP contribution >= 0.6 is 11.3 Å². The molecular weight excluding hydrogens is 470 g/mol. The molecule has 2 amide bonds. The number of esters is 1. The fourth-order valence-electron chi connectivity index (χ4n) is 3.61. The molecule has 0 saturated heterocycles. The van der Waals surface area contributed by atoms with Gasteiger partial charge in [0.2, 0.25) is 17.6 Å². The lowest BCUT2D eigenvalue weighted by atomic mass is 9.79. The van der Waals surface area contributed by atoms with E-state index in [1.54, 1.807) is 58.9 Å². The number of carbonyl (C=O) groups is 3. The molecule has 0 unspecified atom stereocenters. The van der Waals surface area contributed by atoms with Crippen LogP contribution in [0.3, 0.4) is 0 Å². The van der Waals surface area contributed by atoms with Crippen LogP contribution < -0.4 is 10.6 Å². The van der Waals surface area contributed by atoms with Crippen molar-refractivity contribution in [2.75, 3.05) is 5.32 Å². The molecule has 0 spiro atoms. The maximum Gasteiger partial charge on any atom is 0.350 e. The van der Waals surface area contributed by atoms with Crippen molar-refractivity contribution in [1.82, 2.24) is 20.4 Å². The summed E-state index contributed by atoms with van der Waals surface area (Å²) in [6, 6.07) is 6.87. The first-order valence-corrected chi connectivity index (χ1v) is 12.0. The van der Waals surface area contributed by atoms with E-state index in [0.717, 1.165) is 11.3 Å². The summed E-state index contributed by atoms with van der Waals surface area (Å²) in [5.41, 5.74) is 1.06. The monoisotopic (exact) mass is 497 g/mol. The zero-order valence-corrected chi connectivity index (χ0v) is 21.0. The number of thiazole rings is 1. The largest absolute Gasteiger partial charge is 0.456 e. The Bertz CT molecular complexity index is 1270. The quantitative estimate of drug-likeness (QED) is 0.489. The van der Waals surface area contributed by atoms with Crippen molar-refractivity contribution in [2.45, 2.75) is 59.1 Å². The van der Waals surface area contributed by atoms with Gasteiger partial charge in [0.15, 0.2) is 5.13 Å². The Morgan fingerprint density at radius 2 is 1.89 bits per heavy atom. The van der Waals surface area contributed by atoms with Gasteiger partial charge in [-0.25, -0.2) is 9.78 Å². The molecule has 35 heavy (non-hydrogen) atoms. The number of ether oxygens (including phenoxy) is 1. The fourth-order valence-corrected chi connectivity index (χ4v) is 4.45. The summed E-state index contributed by atoms with van der Waals surface area (Å²) in [4.78, 5) is 46.5. The summed E-state index contributed by atoms with van der Waals surface area (Å²) >= 11 is 1.09. The number of benzene rings is 1. The lowest BCUT2D eigenvalue weighted by Crippen LogP contribution is -2.48. The first kappa shape index (κ1) is 24.5. The Morgan fingerprint density at radius 1 is 1.14 bits per heavy atom. The van der Waals surface area contributed by atoms with Gasteiger partial charge in [-0.15, -0.1) is 0 Å². The minimum Gasteiger partial charge on any atom is -0.456 e. The van der Waals surface area contributed by atoms with Crippen molar-refractivity contribution in [3.8, 4) is 11.4 Å². The molecule has 2 heterocycles. The van der Waals surface area contributed by atoms with E-state index in [1.807, 2.05) is 0 Å². The molecule has 1 aliphatic rings. The number of amides is 2. The Kier molecular flexibility index (Phi) is 6.70. The number of anilines is 1. The van der Waals surface area contributed by atoms with Gasteiger partial charge in [-0.1, -0.05) is 28.6 Å². The van der Waals surface area contributed by atoms with E-state index < -0.39 is 11.6 Å². The van der Waals surface area contributed by atoms with Gasteiger partial charge in [0.1, 0.15) is 10.5 Å². The average molecular weight is 498 g/mol. The molecule has 10 nitrogen and oxygen atoms in total. The summed E-state index contributed by atoms with van der Waals surface area (Å²) in [7, 11) is 0. The molecule has 11 heteroatoms. The van der Waals surface area contributed by atoms with Crippen LogP contribution in [0, 0.1) is 19.8 Å². The van der Waals surface area contributed by atoms with E-state index in [-0.39, 0.29) is 23.8 Å². The Balaban J connectivity index is 1.29. The predicted molar refractivity (Wildman–Crippen MR) is 129 cm³/mol. The maximum atomic E-state index is 12.7. The van der Waals surface area contributed by atoms with E-state index >= 15 is 0 Å². The second-order valence-corrected chi connectivity index (χ2v) is 10.5. The van der Waals surface area contributed by atoms with Gasteiger partial charge in [-0.3, -0.25) is 9.59 Å². The normalized spacial score (nSPS) is 17.4. The van der Waals surface area contributed by atoms with Crippen molar-refractivity contribution in [3.63, 3.8) is 0 Å². The molecule has 1 saturated carbocycles. The SMILES string of the molecule is Cc1nc(-c2cccc(C(=O)NC3CC(C(=O)Nc4nc(C)c(C(=O)OC(C)(C)C)s4)C3)c2)no1. The second kappa shape index (κ2) is 9.57. The predicted octanol–water partition coefficient (Wildman–Crippen LogP) is 3.91. The molecule has 1 aromatic carbocycles. The number of aromatic nitrogens is 3. The van der Waals surface area contributed by atoms with Crippen molar-refractivity contribution in [2.24, 2.45) is 5.92 Å². The summed E-state index contributed by atoms with van der Waals surface area (Å²) < 4.78 is 10.4. The molecule has 2 aromatic heterocycles. The number of nitrogens with zero attached hydrogens (tertiary/aromatic N) is 3. The number of carbonyl (C=O) groups excluding carboxylic acids is 3. The van der Waals surface area contributed by atoms with Crippen molar-refractivity contribution in [1.29, 1.82) is 0 Å². The van der Waals surface area contributed by atoms with Crippen LogP contribution in [0.2, 0.25) is 0 Å². The fraction of sp³-hybridized carbons (Fsp3) is 0.417. The highest BCUT2D eigenvalue weighted by Crippen LogP contribution is 2.31. The lowest BCUT2D eigenvalue weighted by Gasteiger charge is -2.34. The van der Waals surface area contributed by atoms with E-state index in [1.165, 1.54) is 0 Å².